The van der Waals surface area contributed by atoms with E-state index in [0.717, 1.165) is 12.8 Å². The summed E-state index contributed by atoms with van der Waals surface area (Å²) in [6.07, 6.45) is 2.64. The predicted octanol–water partition coefficient (Wildman–Crippen LogP) is 0.555. The van der Waals surface area contributed by atoms with Crippen LogP contribution in [0, 0.1) is 5.92 Å². The number of carbonyl (C=O) groups is 2. The summed E-state index contributed by atoms with van der Waals surface area (Å²) in [7, 11) is 1.62. The van der Waals surface area contributed by atoms with Gasteiger partial charge in [0, 0.05) is 13.7 Å². The topological polar surface area (TPSA) is 67.9 Å². The molecule has 0 aromatic rings. The smallest absolute Gasteiger partial charge is 0.249 e. The summed E-state index contributed by atoms with van der Waals surface area (Å²) < 4.78 is 10.4. The molecular formula is C15H26N2O4. The van der Waals surface area contributed by atoms with Crippen LogP contribution in [0.4, 0.5) is 0 Å². The lowest BCUT2D eigenvalue weighted by atomic mass is 9.89. The van der Waals surface area contributed by atoms with E-state index in [1.165, 1.54) is 0 Å². The molecule has 1 aliphatic carbocycles. The Hall–Kier alpha value is -1.14. The zero-order chi connectivity index (χ0) is 15.5. The third kappa shape index (κ3) is 3.37. The number of hydrogen-bond donors (Lipinski definition) is 1. The monoisotopic (exact) mass is 298 g/mol. The molecule has 1 aliphatic heterocycles. The van der Waals surface area contributed by atoms with Gasteiger partial charge in [-0.25, -0.2) is 0 Å². The summed E-state index contributed by atoms with van der Waals surface area (Å²) >= 11 is 0. The Morgan fingerprint density at radius 2 is 2.00 bits per heavy atom. The van der Waals surface area contributed by atoms with Crippen molar-refractivity contribution in [3.63, 3.8) is 0 Å². The molecule has 6 heteroatoms. The van der Waals surface area contributed by atoms with E-state index in [0.29, 0.717) is 32.8 Å². The first-order valence-corrected chi connectivity index (χ1v) is 7.74. The molecule has 2 amide bonds. The maximum atomic E-state index is 12.8. The van der Waals surface area contributed by atoms with Gasteiger partial charge < -0.3 is 19.7 Å². The zero-order valence-electron chi connectivity index (χ0n) is 13.2. The number of amides is 2. The Balaban J connectivity index is 1.99. The minimum Gasteiger partial charge on any atom is -0.382 e. The molecule has 0 radical (unpaired) electrons. The maximum Gasteiger partial charge on any atom is 0.249 e. The number of rotatable bonds is 8. The highest BCUT2D eigenvalue weighted by Crippen LogP contribution is 2.42. The standard InChI is InChI=1S/C15H26N2O4/c1-4-12-13(18)16-15(2,11-5-6-11)14(19)17(12)7-8-21-10-9-20-3/h11-12H,4-10H2,1-3H3,(H,16,18). The molecule has 2 aliphatic rings. The highest BCUT2D eigenvalue weighted by molar-refractivity contribution is 6.00. The molecule has 0 aromatic carbocycles. The maximum absolute atomic E-state index is 12.8. The summed E-state index contributed by atoms with van der Waals surface area (Å²) in [6.45, 7) is 5.70. The first-order chi connectivity index (χ1) is 10.0. The summed E-state index contributed by atoms with van der Waals surface area (Å²) in [5.41, 5.74) is -0.727. The normalized spacial score (nSPS) is 29.7. The number of piperazine rings is 1. The number of hydrogen-bond acceptors (Lipinski definition) is 4. The van der Waals surface area contributed by atoms with Crippen molar-refractivity contribution in [2.24, 2.45) is 5.92 Å². The quantitative estimate of drug-likeness (QED) is 0.665. The molecule has 2 atom stereocenters. The van der Waals surface area contributed by atoms with Gasteiger partial charge in [0.05, 0.1) is 19.8 Å². The summed E-state index contributed by atoms with van der Waals surface area (Å²) in [6, 6.07) is -0.379. The number of nitrogens with one attached hydrogen (secondary N) is 1. The number of methoxy groups -OCH3 is 1. The van der Waals surface area contributed by atoms with Crippen LogP contribution in [0.2, 0.25) is 0 Å². The molecule has 1 saturated heterocycles. The van der Waals surface area contributed by atoms with Gasteiger partial charge in [-0.05, 0) is 32.1 Å². The van der Waals surface area contributed by atoms with Gasteiger partial charge in [0.1, 0.15) is 11.6 Å². The van der Waals surface area contributed by atoms with Crippen molar-refractivity contribution in [1.82, 2.24) is 10.2 Å². The molecule has 0 aromatic heterocycles. The first-order valence-electron chi connectivity index (χ1n) is 7.74. The molecule has 2 fully saturated rings. The van der Waals surface area contributed by atoms with Crippen molar-refractivity contribution >= 4 is 11.8 Å². The largest absolute Gasteiger partial charge is 0.382 e. The lowest BCUT2D eigenvalue weighted by molar-refractivity contribution is -0.156. The van der Waals surface area contributed by atoms with Crippen molar-refractivity contribution in [2.45, 2.75) is 44.7 Å². The third-order valence-corrected chi connectivity index (χ3v) is 4.46. The fourth-order valence-corrected chi connectivity index (χ4v) is 2.98. The van der Waals surface area contributed by atoms with E-state index in [-0.39, 0.29) is 23.8 Å². The highest BCUT2D eigenvalue weighted by atomic mass is 16.5. The van der Waals surface area contributed by atoms with Crippen LogP contribution in [-0.2, 0) is 19.1 Å². The molecule has 0 bridgehead atoms. The van der Waals surface area contributed by atoms with Crippen LogP contribution < -0.4 is 5.32 Å². The van der Waals surface area contributed by atoms with Crippen molar-refractivity contribution in [2.75, 3.05) is 33.5 Å². The van der Waals surface area contributed by atoms with Gasteiger partial charge in [0.2, 0.25) is 11.8 Å². The molecule has 120 valence electrons. The number of nitrogens with zero attached hydrogens (tertiary/aromatic N) is 1. The number of carbonyl (C=O) groups excluding carboxylic acids is 2. The van der Waals surface area contributed by atoms with Crippen LogP contribution in [0.3, 0.4) is 0 Å². The average molecular weight is 298 g/mol. The second-order valence-electron chi connectivity index (χ2n) is 5.99. The van der Waals surface area contributed by atoms with Gasteiger partial charge in [-0.3, -0.25) is 9.59 Å². The Bertz CT molecular complexity index is 397. The summed E-state index contributed by atoms with van der Waals surface area (Å²) in [4.78, 5) is 26.8. The Kier molecular flexibility index (Phi) is 5.22. The van der Waals surface area contributed by atoms with Crippen molar-refractivity contribution in [1.29, 1.82) is 0 Å². The second-order valence-corrected chi connectivity index (χ2v) is 5.99. The Labute approximate surface area is 126 Å². The van der Waals surface area contributed by atoms with Crippen LogP contribution in [0.1, 0.15) is 33.1 Å². The molecular weight excluding hydrogens is 272 g/mol. The Morgan fingerprint density at radius 1 is 1.29 bits per heavy atom. The van der Waals surface area contributed by atoms with Gasteiger partial charge in [-0.2, -0.15) is 0 Å². The molecule has 2 rings (SSSR count). The van der Waals surface area contributed by atoms with E-state index in [1.54, 1.807) is 12.0 Å². The fourth-order valence-electron chi connectivity index (χ4n) is 2.98. The molecule has 1 saturated carbocycles. The molecule has 2 unspecified atom stereocenters. The first kappa shape index (κ1) is 16.2. The third-order valence-electron chi connectivity index (χ3n) is 4.46. The van der Waals surface area contributed by atoms with Crippen molar-refractivity contribution in [3.8, 4) is 0 Å². The van der Waals surface area contributed by atoms with Crippen molar-refractivity contribution < 1.29 is 19.1 Å². The molecule has 6 nitrogen and oxygen atoms in total. The highest BCUT2D eigenvalue weighted by Gasteiger charge is 2.54. The van der Waals surface area contributed by atoms with Crippen LogP contribution in [-0.4, -0.2) is 61.8 Å². The van der Waals surface area contributed by atoms with E-state index in [1.807, 2.05) is 13.8 Å². The minimum absolute atomic E-state index is 0.0341. The molecule has 1 heterocycles. The van der Waals surface area contributed by atoms with Gasteiger partial charge in [-0.15, -0.1) is 0 Å². The van der Waals surface area contributed by atoms with Gasteiger partial charge in [0.25, 0.3) is 0 Å². The SMILES string of the molecule is CCC1C(=O)NC(C)(C2CC2)C(=O)N1CCOCCOC. The van der Waals surface area contributed by atoms with Gasteiger partial charge in [-0.1, -0.05) is 6.92 Å². The minimum atomic E-state index is -0.727. The Morgan fingerprint density at radius 3 is 2.57 bits per heavy atom. The lowest BCUT2D eigenvalue weighted by Gasteiger charge is -2.44. The lowest BCUT2D eigenvalue weighted by Crippen LogP contribution is -2.70. The fraction of sp³-hybridized carbons (Fsp3) is 0.867. The number of ether oxygens (including phenoxy) is 2. The van der Waals surface area contributed by atoms with Crippen LogP contribution in [0.15, 0.2) is 0 Å². The van der Waals surface area contributed by atoms with Gasteiger partial charge >= 0.3 is 0 Å². The second kappa shape index (κ2) is 6.75. The van der Waals surface area contributed by atoms with Crippen LogP contribution >= 0.6 is 0 Å². The molecule has 21 heavy (non-hydrogen) atoms. The van der Waals surface area contributed by atoms with Crippen LogP contribution in [0.5, 0.6) is 0 Å². The molecule has 0 spiro atoms. The van der Waals surface area contributed by atoms with E-state index in [2.05, 4.69) is 5.32 Å². The van der Waals surface area contributed by atoms with E-state index >= 15 is 0 Å². The summed E-state index contributed by atoms with van der Waals surface area (Å²) in [5, 5.41) is 2.96. The molecule has 1 N–H and O–H groups in total. The van der Waals surface area contributed by atoms with Gasteiger partial charge in [0.15, 0.2) is 0 Å². The summed E-state index contributed by atoms with van der Waals surface area (Å²) in [5.74, 6) is 0.277. The predicted molar refractivity (Wildman–Crippen MR) is 77.8 cm³/mol. The average Bonchev–Trinajstić information content (AvgIpc) is 3.28. The van der Waals surface area contributed by atoms with E-state index < -0.39 is 5.54 Å². The van der Waals surface area contributed by atoms with Crippen LogP contribution in [0.25, 0.3) is 0 Å². The van der Waals surface area contributed by atoms with E-state index in [4.69, 9.17) is 9.47 Å². The zero-order valence-corrected chi connectivity index (χ0v) is 13.2. The van der Waals surface area contributed by atoms with Crippen molar-refractivity contribution in [3.05, 3.63) is 0 Å². The van der Waals surface area contributed by atoms with E-state index in [9.17, 15) is 9.59 Å².